The van der Waals surface area contributed by atoms with Crippen LogP contribution in [0.5, 0.6) is 5.75 Å². The lowest BCUT2D eigenvalue weighted by atomic mass is 10.1. The van der Waals surface area contributed by atoms with Crippen LogP contribution in [0.4, 0.5) is 0 Å². The van der Waals surface area contributed by atoms with Crippen LogP contribution < -0.4 is 5.32 Å². The van der Waals surface area contributed by atoms with E-state index in [2.05, 4.69) is 12.2 Å². The first kappa shape index (κ1) is 17.8. The maximum atomic E-state index is 9.24. The fraction of sp³-hybridized carbons (Fsp3) is 0.294. The van der Waals surface area contributed by atoms with Crippen LogP contribution in [-0.2, 0) is 13.0 Å². The van der Waals surface area contributed by atoms with E-state index in [4.69, 9.17) is 11.6 Å². The summed E-state index contributed by atoms with van der Waals surface area (Å²) >= 11 is 5.86. The van der Waals surface area contributed by atoms with Gasteiger partial charge in [-0.3, -0.25) is 0 Å². The van der Waals surface area contributed by atoms with Crippen molar-refractivity contribution in [2.45, 2.75) is 32.4 Å². The Hall–Kier alpha value is -1.22. The molecule has 0 aliphatic rings. The van der Waals surface area contributed by atoms with Gasteiger partial charge in [0.25, 0.3) is 0 Å². The molecule has 0 spiro atoms. The number of halogens is 2. The molecule has 0 fully saturated rings. The Morgan fingerprint density at radius 2 is 1.57 bits per heavy atom. The molecule has 114 valence electrons. The van der Waals surface area contributed by atoms with Crippen molar-refractivity contribution in [2.24, 2.45) is 0 Å². The highest BCUT2D eigenvalue weighted by Gasteiger charge is 2.03. The second-order valence-electron chi connectivity index (χ2n) is 5.11. The summed E-state index contributed by atoms with van der Waals surface area (Å²) in [4.78, 5) is 0. The predicted molar refractivity (Wildman–Crippen MR) is 91.4 cm³/mol. The Labute approximate surface area is 137 Å². The zero-order valence-corrected chi connectivity index (χ0v) is 13.6. The number of benzene rings is 2. The molecule has 2 rings (SSSR count). The third kappa shape index (κ3) is 6.38. The number of rotatable bonds is 6. The Morgan fingerprint density at radius 1 is 1.00 bits per heavy atom. The highest BCUT2D eigenvalue weighted by molar-refractivity contribution is 6.30. The van der Waals surface area contributed by atoms with E-state index in [1.165, 1.54) is 11.1 Å². The zero-order valence-electron chi connectivity index (χ0n) is 12.1. The number of hydrogen-bond donors (Lipinski definition) is 2. The molecule has 2 aromatic carbocycles. The fourth-order valence-electron chi connectivity index (χ4n) is 2.04. The quantitative estimate of drug-likeness (QED) is 0.814. The number of hydrogen-bond acceptors (Lipinski definition) is 2. The van der Waals surface area contributed by atoms with Crippen molar-refractivity contribution in [1.82, 2.24) is 5.32 Å². The van der Waals surface area contributed by atoms with E-state index in [1.54, 1.807) is 12.1 Å². The molecule has 0 saturated carbocycles. The lowest BCUT2D eigenvalue weighted by Crippen LogP contribution is -2.25. The van der Waals surface area contributed by atoms with Crippen molar-refractivity contribution in [2.75, 3.05) is 0 Å². The van der Waals surface area contributed by atoms with Gasteiger partial charge in [0.1, 0.15) is 5.75 Å². The molecule has 2 aromatic rings. The van der Waals surface area contributed by atoms with Crippen LogP contribution in [0.3, 0.4) is 0 Å². The van der Waals surface area contributed by atoms with Gasteiger partial charge in [-0.25, -0.2) is 0 Å². The van der Waals surface area contributed by atoms with Gasteiger partial charge >= 0.3 is 0 Å². The zero-order chi connectivity index (χ0) is 14.4. The van der Waals surface area contributed by atoms with Gasteiger partial charge in [0.15, 0.2) is 0 Å². The highest BCUT2D eigenvalue weighted by Crippen LogP contribution is 2.12. The first-order valence-electron chi connectivity index (χ1n) is 6.89. The molecule has 0 amide bonds. The Morgan fingerprint density at radius 3 is 2.19 bits per heavy atom. The molecule has 0 aromatic heterocycles. The van der Waals surface area contributed by atoms with Crippen molar-refractivity contribution in [3.8, 4) is 5.75 Å². The van der Waals surface area contributed by atoms with E-state index in [1.807, 2.05) is 36.4 Å². The summed E-state index contributed by atoms with van der Waals surface area (Å²) in [5.74, 6) is 0.322. The first-order chi connectivity index (χ1) is 9.63. The van der Waals surface area contributed by atoms with Crippen LogP contribution in [0.15, 0.2) is 48.5 Å². The van der Waals surface area contributed by atoms with Crippen LogP contribution in [-0.4, -0.2) is 11.1 Å². The summed E-state index contributed by atoms with van der Waals surface area (Å²) in [6, 6.07) is 15.8. The summed E-state index contributed by atoms with van der Waals surface area (Å²) in [6.07, 6.45) is 2.08. The van der Waals surface area contributed by atoms with Crippen molar-refractivity contribution in [3.05, 3.63) is 64.7 Å². The second kappa shape index (κ2) is 8.93. The van der Waals surface area contributed by atoms with Gasteiger partial charge in [-0.05, 0) is 55.2 Å². The van der Waals surface area contributed by atoms with E-state index in [0.29, 0.717) is 11.8 Å². The van der Waals surface area contributed by atoms with E-state index in [0.717, 1.165) is 24.4 Å². The monoisotopic (exact) mass is 325 g/mol. The molecule has 4 heteroatoms. The minimum atomic E-state index is 0. The van der Waals surface area contributed by atoms with Crippen LogP contribution >= 0.6 is 24.0 Å². The molecule has 1 atom stereocenters. The number of phenolic OH excluding ortho intramolecular Hbond substituents is 1. The summed E-state index contributed by atoms with van der Waals surface area (Å²) in [7, 11) is 0. The third-order valence-corrected chi connectivity index (χ3v) is 3.62. The van der Waals surface area contributed by atoms with Crippen molar-refractivity contribution in [1.29, 1.82) is 0 Å². The first-order valence-corrected chi connectivity index (χ1v) is 7.27. The summed E-state index contributed by atoms with van der Waals surface area (Å²) < 4.78 is 0. The molecule has 0 saturated heterocycles. The average molecular weight is 326 g/mol. The normalized spacial score (nSPS) is 11.7. The molecule has 0 heterocycles. The smallest absolute Gasteiger partial charge is 0.115 e. The molecular weight excluding hydrogens is 305 g/mol. The van der Waals surface area contributed by atoms with Gasteiger partial charge in [-0.2, -0.15) is 0 Å². The Bertz CT molecular complexity index is 476. The molecule has 21 heavy (non-hydrogen) atoms. The molecule has 0 radical (unpaired) electrons. The molecule has 0 bridgehead atoms. The Balaban J connectivity index is 0.00000220. The maximum absolute atomic E-state index is 9.24. The van der Waals surface area contributed by atoms with E-state index >= 15 is 0 Å². The van der Waals surface area contributed by atoms with Gasteiger partial charge < -0.3 is 10.4 Å². The minimum absolute atomic E-state index is 0. The van der Waals surface area contributed by atoms with Crippen LogP contribution in [0.1, 0.15) is 24.5 Å². The lowest BCUT2D eigenvalue weighted by molar-refractivity contribution is 0.474. The third-order valence-electron chi connectivity index (χ3n) is 3.37. The van der Waals surface area contributed by atoms with Crippen molar-refractivity contribution in [3.63, 3.8) is 0 Å². The molecule has 2 N–H and O–H groups in total. The van der Waals surface area contributed by atoms with E-state index in [9.17, 15) is 5.11 Å². The number of aromatic hydroxyl groups is 1. The van der Waals surface area contributed by atoms with Gasteiger partial charge in [-0.1, -0.05) is 35.9 Å². The number of phenols is 1. The van der Waals surface area contributed by atoms with Crippen LogP contribution in [0.25, 0.3) is 0 Å². The predicted octanol–water partition coefficient (Wildman–Crippen LogP) is 4.58. The SMILES string of the molecule is CC(CCc1ccc(O)cc1)NCc1ccc(Cl)cc1.Cl. The largest absolute Gasteiger partial charge is 0.508 e. The summed E-state index contributed by atoms with van der Waals surface area (Å²) in [5.41, 5.74) is 2.49. The molecule has 1 unspecified atom stereocenters. The van der Waals surface area contributed by atoms with Crippen molar-refractivity contribution < 1.29 is 5.11 Å². The standard InChI is InChI=1S/C17H20ClNO.ClH/c1-13(2-3-14-6-10-17(20)11-7-14)19-12-15-4-8-16(18)9-5-15;/h4-11,13,19-20H,2-3,12H2,1H3;1H. The number of aryl methyl sites for hydroxylation is 1. The van der Waals surface area contributed by atoms with Gasteiger partial charge in [-0.15, -0.1) is 12.4 Å². The maximum Gasteiger partial charge on any atom is 0.115 e. The van der Waals surface area contributed by atoms with Crippen LogP contribution in [0, 0.1) is 0 Å². The fourth-order valence-corrected chi connectivity index (χ4v) is 2.17. The van der Waals surface area contributed by atoms with E-state index < -0.39 is 0 Å². The summed E-state index contributed by atoms with van der Waals surface area (Å²) in [6.45, 7) is 3.05. The summed E-state index contributed by atoms with van der Waals surface area (Å²) in [5, 5.41) is 13.5. The topological polar surface area (TPSA) is 32.3 Å². The number of nitrogens with one attached hydrogen (secondary N) is 1. The van der Waals surface area contributed by atoms with Gasteiger partial charge in [0.05, 0.1) is 0 Å². The second-order valence-corrected chi connectivity index (χ2v) is 5.55. The lowest BCUT2D eigenvalue weighted by Gasteiger charge is -2.14. The minimum Gasteiger partial charge on any atom is -0.508 e. The van der Waals surface area contributed by atoms with Crippen molar-refractivity contribution >= 4 is 24.0 Å². The average Bonchev–Trinajstić information content (AvgIpc) is 2.46. The van der Waals surface area contributed by atoms with Gasteiger partial charge in [0, 0.05) is 17.6 Å². The molecular formula is C17H21Cl2NO. The molecule has 0 aliphatic carbocycles. The van der Waals surface area contributed by atoms with E-state index in [-0.39, 0.29) is 12.4 Å². The van der Waals surface area contributed by atoms with Crippen LogP contribution in [0.2, 0.25) is 5.02 Å². The molecule has 0 aliphatic heterocycles. The molecule has 2 nitrogen and oxygen atoms in total. The highest BCUT2D eigenvalue weighted by atomic mass is 35.5. The Kier molecular flexibility index (Phi) is 7.58. The van der Waals surface area contributed by atoms with Gasteiger partial charge in [0.2, 0.25) is 0 Å².